The largest absolute Gasteiger partial charge is 0.353 e. The van der Waals surface area contributed by atoms with Gasteiger partial charge in [-0.3, -0.25) is 0 Å². The molecule has 0 aliphatic heterocycles. The minimum Gasteiger partial charge on any atom is -0.353 e. The van der Waals surface area contributed by atoms with Gasteiger partial charge in [-0.2, -0.15) is 0 Å². The van der Waals surface area contributed by atoms with Crippen LogP contribution in [0, 0.1) is 6.20 Å². The molecule has 0 unspecified atom stereocenters. The highest BCUT2D eigenvalue weighted by atomic mass is 14.7. The summed E-state index contributed by atoms with van der Waals surface area (Å²) in [6.45, 7) is 0. The third-order valence-corrected chi connectivity index (χ3v) is 3.59. The summed E-state index contributed by atoms with van der Waals surface area (Å²) in [7, 11) is 0. The van der Waals surface area contributed by atoms with Crippen LogP contribution in [0.25, 0.3) is 10.9 Å². The maximum atomic E-state index is 3.12. The van der Waals surface area contributed by atoms with Gasteiger partial charge in [0.15, 0.2) is 0 Å². The van der Waals surface area contributed by atoms with E-state index in [1.54, 1.807) is 0 Å². The third-order valence-electron chi connectivity index (χ3n) is 3.59. The second-order valence-corrected chi connectivity index (χ2v) is 4.60. The number of H-pyrrole nitrogens is 1. The van der Waals surface area contributed by atoms with E-state index >= 15 is 0 Å². The van der Waals surface area contributed by atoms with Crippen molar-refractivity contribution in [2.24, 2.45) is 0 Å². The van der Waals surface area contributed by atoms with Gasteiger partial charge < -0.3 is 4.98 Å². The van der Waals surface area contributed by atoms with Crippen LogP contribution in [-0.2, 0) is 0 Å². The Bertz CT molecular complexity index is 449. The average Bonchev–Trinajstić information content (AvgIpc) is 2.77. The Hall–Kier alpha value is -1.24. The SMILES string of the molecule is [c]1cc2cc(C3CCCCC3)ccc2[nH]1. The third kappa shape index (κ3) is 1.67. The summed E-state index contributed by atoms with van der Waals surface area (Å²) in [4.78, 5) is 3.12. The first-order chi connectivity index (χ1) is 7.43. The minimum atomic E-state index is 0.804. The molecule has 3 rings (SSSR count). The predicted molar refractivity (Wildman–Crippen MR) is 63.0 cm³/mol. The Morgan fingerprint density at radius 2 is 2.00 bits per heavy atom. The van der Waals surface area contributed by atoms with Crippen LogP contribution in [0.15, 0.2) is 24.3 Å². The van der Waals surface area contributed by atoms with Gasteiger partial charge in [0.2, 0.25) is 0 Å². The first-order valence-electron chi connectivity index (χ1n) is 5.92. The Morgan fingerprint density at radius 1 is 1.13 bits per heavy atom. The lowest BCUT2D eigenvalue weighted by Gasteiger charge is -2.21. The maximum Gasteiger partial charge on any atom is 0.0630 e. The minimum absolute atomic E-state index is 0.804. The van der Waals surface area contributed by atoms with Gasteiger partial charge in [0, 0.05) is 10.9 Å². The molecule has 1 aromatic carbocycles. The lowest BCUT2D eigenvalue weighted by Crippen LogP contribution is -2.03. The van der Waals surface area contributed by atoms with Crippen molar-refractivity contribution >= 4 is 10.9 Å². The van der Waals surface area contributed by atoms with Crippen molar-refractivity contribution in [1.82, 2.24) is 4.98 Å². The number of aromatic amines is 1. The molecule has 77 valence electrons. The molecule has 2 aromatic rings. The number of hydrogen-bond donors (Lipinski definition) is 1. The first kappa shape index (κ1) is 9.02. The zero-order valence-electron chi connectivity index (χ0n) is 8.92. The summed E-state index contributed by atoms with van der Waals surface area (Å²) >= 11 is 0. The fourth-order valence-corrected chi connectivity index (χ4v) is 2.70. The van der Waals surface area contributed by atoms with Gasteiger partial charge in [0.25, 0.3) is 0 Å². The van der Waals surface area contributed by atoms with E-state index in [9.17, 15) is 0 Å². The zero-order valence-corrected chi connectivity index (χ0v) is 8.92. The Morgan fingerprint density at radius 3 is 2.87 bits per heavy atom. The number of fused-ring (bicyclic) bond motifs is 1. The van der Waals surface area contributed by atoms with Crippen LogP contribution >= 0.6 is 0 Å². The summed E-state index contributed by atoms with van der Waals surface area (Å²) in [5, 5.41) is 1.30. The van der Waals surface area contributed by atoms with E-state index in [2.05, 4.69) is 29.4 Å². The van der Waals surface area contributed by atoms with Crippen LogP contribution in [0.3, 0.4) is 0 Å². The molecule has 0 amide bonds. The lowest BCUT2D eigenvalue weighted by molar-refractivity contribution is 0.444. The number of rotatable bonds is 1. The summed E-state index contributed by atoms with van der Waals surface area (Å²) in [6.07, 6.45) is 10.0. The number of nitrogens with one attached hydrogen (secondary N) is 1. The standard InChI is InChI=1S/C14H16N/c1-2-4-11(5-3-1)12-6-7-14-13(10-12)8-9-15-14/h6-8,10-11,15H,1-5H2. The molecule has 0 atom stereocenters. The zero-order chi connectivity index (χ0) is 10.1. The van der Waals surface area contributed by atoms with Gasteiger partial charge in [-0.05, 0) is 42.5 Å². The normalized spacial score (nSPS) is 18.4. The van der Waals surface area contributed by atoms with E-state index in [4.69, 9.17) is 0 Å². The Balaban J connectivity index is 1.95. The van der Waals surface area contributed by atoms with Crippen LogP contribution in [0.4, 0.5) is 0 Å². The molecule has 0 bridgehead atoms. The highest BCUT2D eigenvalue weighted by Gasteiger charge is 2.15. The molecule has 1 heterocycles. The molecule has 15 heavy (non-hydrogen) atoms. The number of hydrogen-bond acceptors (Lipinski definition) is 0. The first-order valence-corrected chi connectivity index (χ1v) is 5.92. The van der Waals surface area contributed by atoms with Crippen molar-refractivity contribution in [1.29, 1.82) is 0 Å². The molecule has 1 aliphatic carbocycles. The van der Waals surface area contributed by atoms with Crippen LogP contribution in [0.2, 0.25) is 0 Å². The molecule has 1 radical (unpaired) electrons. The molecule has 1 heteroatoms. The van der Waals surface area contributed by atoms with Crippen molar-refractivity contribution in [3.8, 4) is 0 Å². The van der Waals surface area contributed by atoms with E-state index < -0.39 is 0 Å². The van der Waals surface area contributed by atoms with Crippen molar-refractivity contribution < 1.29 is 0 Å². The number of aromatic nitrogens is 1. The molecule has 1 aromatic heterocycles. The van der Waals surface area contributed by atoms with E-state index in [0.29, 0.717) is 0 Å². The van der Waals surface area contributed by atoms with Crippen molar-refractivity contribution in [3.05, 3.63) is 36.0 Å². The fourth-order valence-electron chi connectivity index (χ4n) is 2.70. The molecule has 0 spiro atoms. The van der Waals surface area contributed by atoms with E-state index in [-0.39, 0.29) is 0 Å². The fraction of sp³-hybridized carbons (Fsp3) is 0.429. The molecule has 1 fully saturated rings. The van der Waals surface area contributed by atoms with E-state index in [0.717, 1.165) is 5.92 Å². The van der Waals surface area contributed by atoms with E-state index in [1.165, 1.54) is 48.6 Å². The van der Waals surface area contributed by atoms with Gasteiger partial charge in [-0.15, -0.1) is 0 Å². The molecule has 1 saturated carbocycles. The summed E-state index contributed by atoms with van der Waals surface area (Å²) in [5.41, 5.74) is 2.73. The smallest absolute Gasteiger partial charge is 0.0630 e. The Kier molecular flexibility index (Phi) is 2.24. The molecule has 0 saturated heterocycles. The van der Waals surface area contributed by atoms with Gasteiger partial charge in [0.05, 0.1) is 6.20 Å². The highest BCUT2D eigenvalue weighted by Crippen LogP contribution is 2.33. The van der Waals surface area contributed by atoms with Crippen LogP contribution in [0.5, 0.6) is 0 Å². The van der Waals surface area contributed by atoms with Gasteiger partial charge >= 0.3 is 0 Å². The second kappa shape index (κ2) is 3.73. The number of benzene rings is 1. The Labute approximate surface area is 90.5 Å². The van der Waals surface area contributed by atoms with Crippen LogP contribution in [-0.4, -0.2) is 4.98 Å². The van der Waals surface area contributed by atoms with Gasteiger partial charge in [-0.25, -0.2) is 0 Å². The predicted octanol–water partition coefficient (Wildman–Crippen LogP) is 4.02. The van der Waals surface area contributed by atoms with Gasteiger partial charge in [-0.1, -0.05) is 25.3 Å². The molecular weight excluding hydrogens is 182 g/mol. The van der Waals surface area contributed by atoms with Gasteiger partial charge in [0.1, 0.15) is 0 Å². The summed E-state index contributed by atoms with van der Waals surface area (Å²) < 4.78 is 0. The quantitative estimate of drug-likeness (QED) is 0.712. The second-order valence-electron chi connectivity index (χ2n) is 4.60. The molecule has 1 N–H and O–H groups in total. The van der Waals surface area contributed by atoms with Crippen molar-refractivity contribution in [2.75, 3.05) is 0 Å². The molecule has 1 aliphatic rings. The van der Waals surface area contributed by atoms with Crippen molar-refractivity contribution in [3.63, 3.8) is 0 Å². The molecular formula is C14H16N. The lowest BCUT2D eigenvalue weighted by atomic mass is 9.84. The average molecular weight is 198 g/mol. The summed E-state index contributed by atoms with van der Waals surface area (Å²) in [6, 6.07) is 8.85. The maximum absolute atomic E-state index is 3.12. The van der Waals surface area contributed by atoms with E-state index in [1.807, 2.05) is 6.07 Å². The van der Waals surface area contributed by atoms with Crippen LogP contribution < -0.4 is 0 Å². The molecule has 1 nitrogen and oxygen atoms in total. The monoisotopic (exact) mass is 198 g/mol. The van der Waals surface area contributed by atoms with Crippen molar-refractivity contribution in [2.45, 2.75) is 38.0 Å². The van der Waals surface area contributed by atoms with Crippen LogP contribution in [0.1, 0.15) is 43.6 Å². The summed E-state index contributed by atoms with van der Waals surface area (Å²) in [5.74, 6) is 0.804. The topological polar surface area (TPSA) is 15.8 Å². The highest BCUT2D eigenvalue weighted by molar-refractivity contribution is 5.79.